The summed E-state index contributed by atoms with van der Waals surface area (Å²) in [5, 5.41) is 3.57. The van der Waals surface area contributed by atoms with Crippen LogP contribution in [0, 0.1) is 0 Å². The first kappa shape index (κ1) is 19.2. The standard InChI is InChI=1S/C19H20ClNO3S/c1-23-17-5-3-4-14(19(17)24-2)6-11-18(22)21-12-13-25-16-9-7-15(20)8-10-16/h3-11H,12-13H2,1-2H3,(H,21,22)/b11-6+. The van der Waals surface area contributed by atoms with Crippen LogP contribution in [-0.4, -0.2) is 32.4 Å². The van der Waals surface area contributed by atoms with Crippen molar-refractivity contribution in [3.05, 3.63) is 59.1 Å². The van der Waals surface area contributed by atoms with Gasteiger partial charge in [0.2, 0.25) is 5.91 Å². The molecule has 0 aliphatic rings. The summed E-state index contributed by atoms with van der Waals surface area (Å²) >= 11 is 7.51. The highest BCUT2D eigenvalue weighted by Gasteiger charge is 2.07. The third-order valence-corrected chi connectivity index (χ3v) is 4.60. The Hall–Kier alpha value is -2.11. The summed E-state index contributed by atoms with van der Waals surface area (Å²) < 4.78 is 10.6. The van der Waals surface area contributed by atoms with Gasteiger partial charge in [-0.15, -0.1) is 11.8 Å². The smallest absolute Gasteiger partial charge is 0.244 e. The number of hydrogen-bond acceptors (Lipinski definition) is 4. The monoisotopic (exact) mass is 377 g/mol. The molecule has 0 aliphatic carbocycles. The van der Waals surface area contributed by atoms with Gasteiger partial charge in [0.1, 0.15) is 0 Å². The first-order chi connectivity index (χ1) is 12.1. The third-order valence-electron chi connectivity index (χ3n) is 3.33. The number of benzene rings is 2. The highest BCUT2D eigenvalue weighted by atomic mass is 35.5. The average Bonchev–Trinajstić information content (AvgIpc) is 2.64. The van der Waals surface area contributed by atoms with E-state index in [0.717, 1.165) is 21.2 Å². The Balaban J connectivity index is 1.82. The van der Waals surface area contributed by atoms with Crippen molar-refractivity contribution < 1.29 is 14.3 Å². The van der Waals surface area contributed by atoms with Crippen LogP contribution in [0.15, 0.2) is 53.4 Å². The van der Waals surface area contributed by atoms with Crippen LogP contribution in [0.2, 0.25) is 5.02 Å². The fraction of sp³-hybridized carbons (Fsp3) is 0.211. The van der Waals surface area contributed by atoms with E-state index in [-0.39, 0.29) is 5.91 Å². The summed E-state index contributed by atoms with van der Waals surface area (Å²) in [6.45, 7) is 0.575. The largest absolute Gasteiger partial charge is 0.493 e. The van der Waals surface area contributed by atoms with Gasteiger partial charge in [0.25, 0.3) is 0 Å². The van der Waals surface area contributed by atoms with Crippen LogP contribution in [0.1, 0.15) is 5.56 Å². The molecule has 1 N–H and O–H groups in total. The average molecular weight is 378 g/mol. The van der Waals surface area contributed by atoms with E-state index in [1.165, 1.54) is 6.08 Å². The zero-order chi connectivity index (χ0) is 18.1. The van der Waals surface area contributed by atoms with Crippen molar-refractivity contribution in [3.63, 3.8) is 0 Å². The maximum Gasteiger partial charge on any atom is 0.244 e. The van der Waals surface area contributed by atoms with E-state index in [9.17, 15) is 4.79 Å². The van der Waals surface area contributed by atoms with Crippen molar-refractivity contribution in [1.82, 2.24) is 5.32 Å². The second-order valence-electron chi connectivity index (χ2n) is 5.01. The lowest BCUT2D eigenvalue weighted by molar-refractivity contribution is -0.116. The molecular weight excluding hydrogens is 358 g/mol. The molecule has 132 valence electrons. The van der Waals surface area contributed by atoms with Crippen molar-refractivity contribution >= 4 is 35.3 Å². The molecule has 2 rings (SSSR count). The molecule has 0 unspecified atom stereocenters. The summed E-state index contributed by atoms with van der Waals surface area (Å²) in [6, 6.07) is 13.2. The van der Waals surface area contributed by atoms with Gasteiger partial charge in [-0.05, 0) is 36.4 Å². The van der Waals surface area contributed by atoms with Crippen LogP contribution in [0.25, 0.3) is 6.08 Å². The van der Waals surface area contributed by atoms with Gasteiger partial charge >= 0.3 is 0 Å². The number of thioether (sulfide) groups is 1. The van der Waals surface area contributed by atoms with Gasteiger partial charge in [-0.2, -0.15) is 0 Å². The number of amides is 1. The molecule has 0 radical (unpaired) electrons. The quantitative estimate of drug-likeness (QED) is 0.424. The Kier molecular flexibility index (Phi) is 7.70. The fourth-order valence-corrected chi connectivity index (χ4v) is 3.04. The number of para-hydroxylation sites is 1. The number of rotatable bonds is 8. The predicted molar refractivity (Wildman–Crippen MR) is 104 cm³/mol. The molecule has 4 nitrogen and oxygen atoms in total. The van der Waals surface area contributed by atoms with Crippen LogP contribution in [0.3, 0.4) is 0 Å². The Morgan fingerprint density at radius 3 is 2.60 bits per heavy atom. The zero-order valence-corrected chi connectivity index (χ0v) is 15.7. The van der Waals surface area contributed by atoms with Gasteiger partial charge in [-0.3, -0.25) is 4.79 Å². The number of nitrogens with one attached hydrogen (secondary N) is 1. The molecule has 1 amide bonds. The van der Waals surface area contributed by atoms with Crippen LogP contribution in [0.4, 0.5) is 0 Å². The minimum absolute atomic E-state index is 0.151. The first-order valence-electron chi connectivity index (χ1n) is 7.69. The minimum atomic E-state index is -0.151. The van der Waals surface area contributed by atoms with Gasteiger partial charge in [-0.25, -0.2) is 0 Å². The van der Waals surface area contributed by atoms with Gasteiger partial charge in [0.05, 0.1) is 14.2 Å². The zero-order valence-electron chi connectivity index (χ0n) is 14.1. The number of ether oxygens (including phenoxy) is 2. The van der Waals surface area contributed by atoms with Crippen LogP contribution < -0.4 is 14.8 Å². The second kappa shape index (κ2) is 10.0. The van der Waals surface area contributed by atoms with Gasteiger partial charge in [0.15, 0.2) is 11.5 Å². The number of hydrogen-bond donors (Lipinski definition) is 1. The lowest BCUT2D eigenvalue weighted by Gasteiger charge is -2.09. The number of carbonyl (C=O) groups excluding carboxylic acids is 1. The lowest BCUT2D eigenvalue weighted by Crippen LogP contribution is -2.23. The van der Waals surface area contributed by atoms with E-state index in [1.54, 1.807) is 32.1 Å². The second-order valence-corrected chi connectivity index (χ2v) is 6.61. The predicted octanol–water partition coefficient (Wildman–Crippen LogP) is 4.28. The molecule has 0 aromatic heterocycles. The van der Waals surface area contributed by atoms with E-state index < -0.39 is 0 Å². The van der Waals surface area contributed by atoms with Gasteiger partial charge in [-0.1, -0.05) is 23.7 Å². The number of halogens is 1. The fourth-order valence-electron chi connectivity index (χ4n) is 2.14. The molecule has 25 heavy (non-hydrogen) atoms. The maximum absolute atomic E-state index is 11.9. The van der Waals surface area contributed by atoms with Crippen molar-refractivity contribution in [3.8, 4) is 11.5 Å². The summed E-state index contributed by atoms with van der Waals surface area (Å²) in [4.78, 5) is 13.1. The molecule has 0 atom stereocenters. The molecule has 0 saturated carbocycles. The molecule has 2 aromatic carbocycles. The van der Waals surface area contributed by atoms with E-state index in [1.807, 2.05) is 42.5 Å². The van der Waals surface area contributed by atoms with Crippen LogP contribution in [0.5, 0.6) is 11.5 Å². The summed E-state index contributed by atoms with van der Waals surface area (Å²) in [5.74, 6) is 1.86. The normalized spacial score (nSPS) is 10.7. The van der Waals surface area contributed by atoms with Crippen LogP contribution in [-0.2, 0) is 4.79 Å². The van der Waals surface area contributed by atoms with Crippen LogP contribution >= 0.6 is 23.4 Å². The van der Waals surface area contributed by atoms with Gasteiger partial charge < -0.3 is 14.8 Å². The number of methoxy groups -OCH3 is 2. The molecule has 0 bridgehead atoms. The molecule has 0 heterocycles. The molecular formula is C19H20ClNO3S. The molecule has 6 heteroatoms. The molecule has 0 spiro atoms. The van der Waals surface area contributed by atoms with Crippen molar-refractivity contribution in [2.24, 2.45) is 0 Å². The van der Waals surface area contributed by atoms with E-state index in [2.05, 4.69) is 5.32 Å². The first-order valence-corrected chi connectivity index (χ1v) is 9.05. The molecule has 2 aromatic rings. The summed E-state index contributed by atoms with van der Waals surface area (Å²) in [7, 11) is 3.15. The Labute approximate surface area is 157 Å². The topological polar surface area (TPSA) is 47.6 Å². The molecule has 0 saturated heterocycles. The van der Waals surface area contributed by atoms with E-state index in [4.69, 9.17) is 21.1 Å². The highest BCUT2D eigenvalue weighted by molar-refractivity contribution is 7.99. The van der Waals surface area contributed by atoms with E-state index in [0.29, 0.717) is 18.0 Å². The molecule has 0 fully saturated rings. The van der Waals surface area contributed by atoms with Gasteiger partial charge in [0, 0.05) is 33.9 Å². The van der Waals surface area contributed by atoms with Crippen molar-refractivity contribution in [2.45, 2.75) is 4.90 Å². The lowest BCUT2D eigenvalue weighted by atomic mass is 10.1. The Bertz CT molecular complexity index is 732. The SMILES string of the molecule is COc1cccc(/C=C/C(=O)NCCSc2ccc(Cl)cc2)c1OC. The number of carbonyl (C=O) groups is 1. The Morgan fingerprint density at radius 2 is 1.92 bits per heavy atom. The van der Waals surface area contributed by atoms with Crippen molar-refractivity contribution in [2.75, 3.05) is 26.5 Å². The maximum atomic E-state index is 11.9. The highest BCUT2D eigenvalue weighted by Crippen LogP contribution is 2.31. The summed E-state index contributed by atoms with van der Waals surface area (Å²) in [5.41, 5.74) is 0.785. The Morgan fingerprint density at radius 1 is 1.16 bits per heavy atom. The minimum Gasteiger partial charge on any atom is -0.493 e. The summed E-state index contributed by atoms with van der Waals surface area (Å²) in [6.07, 6.45) is 3.20. The van der Waals surface area contributed by atoms with E-state index >= 15 is 0 Å². The molecule has 0 aliphatic heterocycles. The third kappa shape index (κ3) is 6.03. The van der Waals surface area contributed by atoms with Crippen molar-refractivity contribution in [1.29, 1.82) is 0 Å².